The quantitative estimate of drug-likeness (QED) is 0.829. The van der Waals surface area contributed by atoms with Gasteiger partial charge < -0.3 is 5.73 Å². The molecule has 0 amide bonds. The molecular formula is C11H11Cl2N3O2S2. The Morgan fingerprint density at radius 2 is 1.95 bits per heavy atom. The summed E-state index contributed by atoms with van der Waals surface area (Å²) in [4.78, 5) is 3.99. The molecule has 0 atom stereocenters. The molecule has 0 aliphatic rings. The lowest BCUT2D eigenvalue weighted by molar-refractivity contribution is 0.580. The van der Waals surface area contributed by atoms with Crippen molar-refractivity contribution < 1.29 is 8.42 Å². The highest BCUT2D eigenvalue weighted by Gasteiger charge is 2.22. The summed E-state index contributed by atoms with van der Waals surface area (Å²) in [7, 11) is -3.83. The van der Waals surface area contributed by atoms with Crippen LogP contribution in [-0.4, -0.2) is 13.4 Å². The van der Waals surface area contributed by atoms with Gasteiger partial charge in [0.1, 0.15) is 4.90 Å². The number of rotatable bonds is 4. The second-order valence-corrected chi connectivity index (χ2v) is 7.58. The number of thiazole rings is 1. The van der Waals surface area contributed by atoms with Crippen LogP contribution in [0.1, 0.15) is 10.7 Å². The van der Waals surface area contributed by atoms with Crippen LogP contribution in [0.2, 0.25) is 10.0 Å². The number of halogens is 2. The van der Waals surface area contributed by atoms with Crippen LogP contribution in [0.15, 0.2) is 22.4 Å². The molecule has 108 valence electrons. The fraction of sp³-hybridized carbons (Fsp3) is 0.182. The molecule has 0 saturated heterocycles. The summed E-state index contributed by atoms with van der Waals surface area (Å²) in [6.45, 7) is 1.92. The molecule has 9 heteroatoms. The van der Waals surface area contributed by atoms with E-state index in [1.807, 2.05) is 6.92 Å². The highest BCUT2D eigenvalue weighted by Crippen LogP contribution is 2.31. The second-order valence-electron chi connectivity index (χ2n) is 4.00. The highest BCUT2D eigenvalue weighted by molar-refractivity contribution is 7.89. The molecule has 0 bridgehead atoms. The molecule has 0 radical (unpaired) electrons. The topological polar surface area (TPSA) is 85.1 Å². The van der Waals surface area contributed by atoms with Gasteiger partial charge in [-0.3, -0.25) is 0 Å². The highest BCUT2D eigenvalue weighted by atomic mass is 35.5. The Hall–Kier alpha value is -0.860. The average Bonchev–Trinajstić information content (AvgIpc) is 2.71. The molecule has 0 aliphatic heterocycles. The molecule has 0 spiro atoms. The van der Waals surface area contributed by atoms with Gasteiger partial charge >= 0.3 is 0 Å². The third kappa shape index (κ3) is 3.42. The molecule has 0 fully saturated rings. The lowest BCUT2D eigenvalue weighted by Gasteiger charge is -2.10. The summed E-state index contributed by atoms with van der Waals surface area (Å²) in [6, 6.07) is 2.68. The van der Waals surface area contributed by atoms with Crippen LogP contribution in [0.5, 0.6) is 0 Å². The van der Waals surface area contributed by atoms with Crippen molar-refractivity contribution in [1.82, 2.24) is 9.71 Å². The largest absolute Gasteiger partial charge is 0.399 e. The number of hydrogen-bond acceptors (Lipinski definition) is 5. The zero-order chi connectivity index (χ0) is 14.9. The number of aromatic nitrogens is 1. The van der Waals surface area contributed by atoms with Crippen LogP contribution in [0.25, 0.3) is 0 Å². The number of nitrogens with zero attached hydrogens (tertiary/aromatic N) is 1. The number of nitrogens with two attached hydrogens (primary N) is 1. The number of nitrogens with one attached hydrogen (secondary N) is 1. The van der Waals surface area contributed by atoms with E-state index < -0.39 is 10.0 Å². The third-order valence-electron chi connectivity index (χ3n) is 2.40. The van der Waals surface area contributed by atoms with Crippen LogP contribution in [0, 0.1) is 6.92 Å². The van der Waals surface area contributed by atoms with E-state index in [1.54, 1.807) is 5.38 Å². The van der Waals surface area contributed by atoms with Gasteiger partial charge in [-0.05, 0) is 19.1 Å². The smallest absolute Gasteiger partial charge is 0.243 e. The van der Waals surface area contributed by atoms with E-state index in [9.17, 15) is 8.42 Å². The Labute approximate surface area is 130 Å². The zero-order valence-electron chi connectivity index (χ0n) is 10.4. The number of anilines is 1. The molecule has 2 aromatic rings. The Balaban J connectivity index is 2.27. The SMILES string of the molecule is Cc1nc(CNS(=O)(=O)c2c(Cl)cc(N)cc2Cl)cs1. The fourth-order valence-electron chi connectivity index (χ4n) is 1.57. The molecule has 1 aromatic heterocycles. The Morgan fingerprint density at radius 3 is 2.45 bits per heavy atom. The van der Waals surface area contributed by atoms with E-state index in [-0.39, 0.29) is 21.5 Å². The Morgan fingerprint density at radius 1 is 1.35 bits per heavy atom. The number of hydrogen-bond donors (Lipinski definition) is 2. The second kappa shape index (κ2) is 5.87. The van der Waals surface area contributed by atoms with Gasteiger partial charge in [0.05, 0.1) is 27.3 Å². The van der Waals surface area contributed by atoms with Gasteiger partial charge in [0.25, 0.3) is 0 Å². The number of sulfonamides is 1. The molecule has 5 nitrogen and oxygen atoms in total. The molecule has 0 unspecified atom stereocenters. The molecule has 2 rings (SSSR count). The van der Waals surface area contributed by atoms with Crippen molar-refractivity contribution in [3.8, 4) is 0 Å². The maximum atomic E-state index is 12.2. The first-order chi connectivity index (χ1) is 9.29. The van der Waals surface area contributed by atoms with Gasteiger partial charge in [-0.2, -0.15) is 0 Å². The normalized spacial score (nSPS) is 11.8. The molecule has 0 saturated carbocycles. The first-order valence-corrected chi connectivity index (χ1v) is 8.56. The van der Waals surface area contributed by atoms with Crippen molar-refractivity contribution >= 4 is 50.2 Å². The van der Waals surface area contributed by atoms with Crippen molar-refractivity contribution in [2.75, 3.05) is 5.73 Å². The fourth-order valence-corrected chi connectivity index (χ4v) is 4.41. The van der Waals surface area contributed by atoms with Gasteiger partial charge in [-0.15, -0.1) is 11.3 Å². The average molecular weight is 352 g/mol. The summed E-state index contributed by atoms with van der Waals surface area (Å²) < 4.78 is 26.9. The van der Waals surface area contributed by atoms with E-state index in [0.29, 0.717) is 11.4 Å². The van der Waals surface area contributed by atoms with E-state index in [4.69, 9.17) is 28.9 Å². The minimum Gasteiger partial charge on any atom is -0.399 e. The zero-order valence-corrected chi connectivity index (χ0v) is 13.5. The van der Waals surface area contributed by atoms with E-state index in [0.717, 1.165) is 5.01 Å². The minimum atomic E-state index is -3.83. The van der Waals surface area contributed by atoms with Crippen LogP contribution < -0.4 is 10.5 Å². The van der Waals surface area contributed by atoms with E-state index >= 15 is 0 Å². The summed E-state index contributed by atoms with van der Waals surface area (Å²) in [5, 5.41) is 2.61. The number of benzene rings is 1. The van der Waals surface area contributed by atoms with Gasteiger partial charge in [0.15, 0.2) is 0 Å². The standard InChI is InChI=1S/C11H11Cl2N3O2S2/c1-6-16-8(5-19-6)4-15-20(17,18)11-9(12)2-7(14)3-10(11)13/h2-3,5,15H,4,14H2,1H3. The van der Waals surface area contributed by atoms with Gasteiger partial charge in [-0.25, -0.2) is 18.1 Å². The molecular weight excluding hydrogens is 341 g/mol. The lowest BCUT2D eigenvalue weighted by atomic mass is 10.3. The first kappa shape index (κ1) is 15.5. The first-order valence-electron chi connectivity index (χ1n) is 5.45. The summed E-state index contributed by atoms with van der Waals surface area (Å²) in [5.74, 6) is 0. The van der Waals surface area contributed by atoms with Crippen LogP contribution in [-0.2, 0) is 16.6 Å². The van der Waals surface area contributed by atoms with Crippen LogP contribution in [0.3, 0.4) is 0 Å². The monoisotopic (exact) mass is 351 g/mol. The van der Waals surface area contributed by atoms with Crippen molar-refractivity contribution in [3.63, 3.8) is 0 Å². The maximum absolute atomic E-state index is 12.2. The Bertz CT molecular complexity index is 721. The lowest BCUT2D eigenvalue weighted by Crippen LogP contribution is -2.24. The Kier molecular flexibility index (Phi) is 4.55. The summed E-state index contributed by atoms with van der Waals surface area (Å²) in [5.41, 5.74) is 6.48. The molecule has 3 N–H and O–H groups in total. The summed E-state index contributed by atoms with van der Waals surface area (Å²) in [6.07, 6.45) is 0. The van der Waals surface area contributed by atoms with E-state index in [2.05, 4.69) is 9.71 Å². The predicted molar refractivity (Wildman–Crippen MR) is 81.8 cm³/mol. The van der Waals surface area contributed by atoms with Crippen LogP contribution in [0.4, 0.5) is 5.69 Å². The number of nitrogen functional groups attached to an aromatic ring is 1. The van der Waals surface area contributed by atoms with Gasteiger partial charge in [0.2, 0.25) is 10.0 Å². The van der Waals surface area contributed by atoms with Crippen molar-refractivity contribution in [2.24, 2.45) is 0 Å². The number of aryl methyl sites for hydroxylation is 1. The van der Waals surface area contributed by atoms with E-state index in [1.165, 1.54) is 23.5 Å². The third-order valence-corrected chi connectivity index (χ3v) is 5.54. The minimum absolute atomic E-state index is 0.0167. The van der Waals surface area contributed by atoms with Gasteiger partial charge in [-0.1, -0.05) is 23.2 Å². The van der Waals surface area contributed by atoms with Gasteiger partial charge in [0, 0.05) is 11.1 Å². The van der Waals surface area contributed by atoms with Crippen molar-refractivity contribution in [3.05, 3.63) is 38.3 Å². The van der Waals surface area contributed by atoms with Crippen LogP contribution >= 0.6 is 34.5 Å². The van der Waals surface area contributed by atoms with Crippen molar-refractivity contribution in [1.29, 1.82) is 0 Å². The molecule has 0 aliphatic carbocycles. The molecule has 1 heterocycles. The predicted octanol–water partition coefficient (Wildman–Crippen LogP) is 2.82. The molecule has 20 heavy (non-hydrogen) atoms. The maximum Gasteiger partial charge on any atom is 0.243 e. The van der Waals surface area contributed by atoms with Crippen molar-refractivity contribution in [2.45, 2.75) is 18.4 Å². The molecule has 1 aromatic carbocycles. The summed E-state index contributed by atoms with van der Waals surface area (Å²) >= 11 is 13.3.